The molecule has 1 aliphatic heterocycles. The van der Waals surface area contributed by atoms with Crippen LogP contribution in [0.3, 0.4) is 0 Å². The Morgan fingerprint density at radius 1 is 1.26 bits per heavy atom. The van der Waals surface area contributed by atoms with Gasteiger partial charge in [0.15, 0.2) is 0 Å². The van der Waals surface area contributed by atoms with Crippen LogP contribution in [-0.4, -0.2) is 46.9 Å². The summed E-state index contributed by atoms with van der Waals surface area (Å²) in [5.74, 6) is 1.49. The van der Waals surface area contributed by atoms with Gasteiger partial charge in [-0.2, -0.15) is 4.98 Å². The third-order valence-corrected chi connectivity index (χ3v) is 5.69. The Kier molecular flexibility index (Phi) is 6.52. The fraction of sp³-hybridized carbons (Fsp3) is 0.600. The van der Waals surface area contributed by atoms with E-state index in [1.807, 2.05) is 6.07 Å². The first-order valence-corrected chi connectivity index (χ1v) is 9.64. The Hall–Kier alpha value is -1.47. The highest BCUT2D eigenvalue weighted by atomic mass is 35.5. The number of hydrogen-bond acceptors (Lipinski definition) is 6. The van der Waals surface area contributed by atoms with Crippen LogP contribution in [0.5, 0.6) is 0 Å². The van der Waals surface area contributed by atoms with Crippen molar-refractivity contribution in [3.8, 4) is 11.4 Å². The summed E-state index contributed by atoms with van der Waals surface area (Å²) in [6.07, 6.45) is 4.37. The average Bonchev–Trinajstić information content (AvgIpc) is 3.12. The summed E-state index contributed by atoms with van der Waals surface area (Å²) < 4.78 is 11.0. The highest BCUT2D eigenvalue weighted by molar-refractivity contribution is 5.85. The minimum Gasteiger partial charge on any atom is -0.379 e. The molecule has 6 nitrogen and oxygen atoms in total. The van der Waals surface area contributed by atoms with E-state index in [4.69, 9.17) is 20.0 Å². The van der Waals surface area contributed by atoms with Gasteiger partial charge in [-0.1, -0.05) is 36.2 Å². The van der Waals surface area contributed by atoms with Gasteiger partial charge in [0.1, 0.15) is 0 Å². The van der Waals surface area contributed by atoms with Crippen LogP contribution in [0.15, 0.2) is 28.8 Å². The zero-order chi connectivity index (χ0) is 18.0. The molecule has 1 aromatic carbocycles. The maximum Gasteiger partial charge on any atom is 0.231 e. The van der Waals surface area contributed by atoms with Crippen molar-refractivity contribution in [2.75, 3.05) is 26.3 Å². The number of nitrogens with two attached hydrogens (primary N) is 1. The van der Waals surface area contributed by atoms with Crippen molar-refractivity contribution in [3.63, 3.8) is 0 Å². The van der Waals surface area contributed by atoms with Gasteiger partial charge in [0.05, 0.1) is 19.1 Å². The second kappa shape index (κ2) is 8.69. The van der Waals surface area contributed by atoms with Crippen molar-refractivity contribution in [1.29, 1.82) is 0 Å². The van der Waals surface area contributed by atoms with E-state index in [0.29, 0.717) is 11.7 Å². The molecule has 2 aliphatic rings. The second-order valence-corrected chi connectivity index (χ2v) is 7.85. The number of morpholine rings is 1. The highest BCUT2D eigenvalue weighted by Gasteiger charge is 2.37. The summed E-state index contributed by atoms with van der Waals surface area (Å²) >= 11 is 0. The predicted molar refractivity (Wildman–Crippen MR) is 107 cm³/mol. The quantitative estimate of drug-likeness (QED) is 0.859. The maximum absolute atomic E-state index is 6.49. The normalized spacial score (nSPS) is 26.5. The van der Waals surface area contributed by atoms with Gasteiger partial charge in [0, 0.05) is 30.7 Å². The molecule has 2 fully saturated rings. The van der Waals surface area contributed by atoms with E-state index in [1.54, 1.807) is 0 Å². The third kappa shape index (κ3) is 4.69. The van der Waals surface area contributed by atoms with Crippen LogP contribution >= 0.6 is 12.4 Å². The maximum atomic E-state index is 6.49. The molecular weight excluding hydrogens is 364 g/mol. The zero-order valence-electron chi connectivity index (χ0n) is 15.9. The molecule has 2 unspecified atom stereocenters. The summed E-state index contributed by atoms with van der Waals surface area (Å²) in [5.41, 5.74) is 8.48. The number of rotatable bonds is 4. The monoisotopic (exact) mass is 392 g/mol. The molecule has 1 saturated heterocycles. The number of benzene rings is 1. The Morgan fingerprint density at radius 3 is 2.85 bits per heavy atom. The predicted octanol–water partition coefficient (Wildman–Crippen LogP) is 3.37. The number of nitrogens with zero attached hydrogens (tertiary/aromatic N) is 3. The van der Waals surface area contributed by atoms with E-state index >= 15 is 0 Å². The minimum absolute atomic E-state index is 0. The van der Waals surface area contributed by atoms with Gasteiger partial charge in [-0.25, -0.2) is 0 Å². The minimum atomic E-state index is -0.264. The van der Waals surface area contributed by atoms with Crippen LogP contribution in [0.4, 0.5) is 0 Å². The van der Waals surface area contributed by atoms with Gasteiger partial charge < -0.3 is 15.0 Å². The molecule has 27 heavy (non-hydrogen) atoms. The molecule has 2 heterocycles. The van der Waals surface area contributed by atoms with Gasteiger partial charge in [0.25, 0.3) is 0 Å². The molecule has 0 spiro atoms. The lowest BCUT2D eigenvalue weighted by Gasteiger charge is -2.35. The fourth-order valence-corrected chi connectivity index (χ4v) is 4.08. The summed E-state index contributed by atoms with van der Waals surface area (Å²) in [7, 11) is 0. The molecule has 1 saturated carbocycles. The van der Waals surface area contributed by atoms with Crippen LogP contribution in [0.2, 0.25) is 0 Å². The highest BCUT2D eigenvalue weighted by Crippen LogP contribution is 2.38. The first-order valence-electron chi connectivity index (χ1n) is 9.64. The van der Waals surface area contributed by atoms with E-state index in [-0.39, 0.29) is 23.9 Å². The van der Waals surface area contributed by atoms with Crippen molar-refractivity contribution in [3.05, 3.63) is 35.7 Å². The van der Waals surface area contributed by atoms with Gasteiger partial charge in [-0.15, -0.1) is 12.4 Å². The van der Waals surface area contributed by atoms with Crippen LogP contribution < -0.4 is 5.73 Å². The Balaban J connectivity index is 0.00000210. The summed E-state index contributed by atoms with van der Waals surface area (Å²) in [6, 6.07) is 8.42. The molecule has 1 aromatic heterocycles. The molecule has 2 atom stereocenters. The largest absolute Gasteiger partial charge is 0.379 e. The molecule has 7 heteroatoms. The Bertz CT molecular complexity index is 743. The van der Waals surface area contributed by atoms with E-state index in [2.05, 4.69) is 35.2 Å². The van der Waals surface area contributed by atoms with Crippen molar-refractivity contribution in [2.24, 2.45) is 5.73 Å². The first-order chi connectivity index (χ1) is 12.6. The van der Waals surface area contributed by atoms with Gasteiger partial charge in [-0.05, 0) is 31.4 Å². The Morgan fingerprint density at radius 2 is 2.07 bits per heavy atom. The standard InChI is InChI=1S/C20H28N4O2.ClH/c1-20(21)8-3-2-7-17(20)19-22-18(23-26-19)16-6-4-5-15(13-16)14-24-9-11-25-12-10-24;/h4-6,13,17H,2-3,7-12,14,21H2,1H3;1H. The smallest absolute Gasteiger partial charge is 0.231 e. The number of hydrogen-bond donors (Lipinski definition) is 1. The molecular formula is C20H29ClN4O2. The molecule has 1 aliphatic carbocycles. The summed E-state index contributed by atoms with van der Waals surface area (Å²) in [6.45, 7) is 6.61. The number of aromatic nitrogens is 2. The van der Waals surface area contributed by atoms with Gasteiger partial charge in [-0.3, -0.25) is 4.90 Å². The lowest BCUT2D eigenvalue weighted by Crippen LogP contribution is -2.44. The molecule has 4 rings (SSSR count). The van der Waals surface area contributed by atoms with E-state index in [1.165, 1.54) is 18.4 Å². The van der Waals surface area contributed by atoms with Crippen molar-refractivity contribution >= 4 is 12.4 Å². The summed E-state index contributed by atoms with van der Waals surface area (Å²) in [4.78, 5) is 7.11. The number of halogens is 1. The molecule has 2 aromatic rings. The number of ether oxygens (including phenoxy) is 1. The topological polar surface area (TPSA) is 77.4 Å². The van der Waals surface area contributed by atoms with Crippen LogP contribution in [0.1, 0.15) is 50.0 Å². The first kappa shape index (κ1) is 20.3. The average molecular weight is 393 g/mol. The van der Waals surface area contributed by atoms with Crippen molar-refractivity contribution in [1.82, 2.24) is 15.0 Å². The third-order valence-electron chi connectivity index (χ3n) is 5.69. The van der Waals surface area contributed by atoms with E-state index in [9.17, 15) is 0 Å². The molecule has 2 N–H and O–H groups in total. The SMILES string of the molecule is CC1(N)CCCCC1c1nc(-c2cccc(CN3CCOCC3)c2)no1.Cl. The van der Waals surface area contributed by atoms with Crippen LogP contribution in [0, 0.1) is 0 Å². The lowest BCUT2D eigenvalue weighted by atomic mass is 9.74. The Labute approximate surface area is 166 Å². The molecule has 0 amide bonds. The van der Waals surface area contributed by atoms with Crippen molar-refractivity contribution < 1.29 is 9.26 Å². The second-order valence-electron chi connectivity index (χ2n) is 7.85. The molecule has 0 bridgehead atoms. The van der Waals surface area contributed by atoms with Crippen LogP contribution in [0.25, 0.3) is 11.4 Å². The van der Waals surface area contributed by atoms with E-state index < -0.39 is 0 Å². The molecule has 0 radical (unpaired) electrons. The summed E-state index contributed by atoms with van der Waals surface area (Å²) in [5, 5.41) is 4.24. The van der Waals surface area contributed by atoms with Gasteiger partial charge in [0.2, 0.25) is 11.7 Å². The molecule has 148 valence electrons. The van der Waals surface area contributed by atoms with Gasteiger partial charge >= 0.3 is 0 Å². The van der Waals surface area contributed by atoms with Crippen LogP contribution in [-0.2, 0) is 11.3 Å². The van der Waals surface area contributed by atoms with Crippen molar-refractivity contribution in [2.45, 2.75) is 50.6 Å². The lowest BCUT2D eigenvalue weighted by molar-refractivity contribution is 0.0342. The van der Waals surface area contributed by atoms with E-state index in [0.717, 1.165) is 51.3 Å². The fourth-order valence-electron chi connectivity index (χ4n) is 4.08. The zero-order valence-corrected chi connectivity index (χ0v) is 16.7.